The zero-order valence-electron chi connectivity index (χ0n) is 20.0. The molecule has 0 fully saturated rings. The summed E-state index contributed by atoms with van der Waals surface area (Å²) in [7, 11) is 0. The summed E-state index contributed by atoms with van der Waals surface area (Å²) in [5, 5.41) is 6.81. The van der Waals surface area contributed by atoms with Gasteiger partial charge in [0.05, 0.1) is 27.7 Å². The van der Waals surface area contributed by atoms with Crippen LogP contribution in [0.4, 0.5) is 18.9 Å². The van der Waals surface area contributed by atoms with Gasteiger partial charge in [-0.15, -0.1) is 0 Å². The number of hydrogen-bond acceptors (Lipinski definition) is 4. The monoisotopic (exact) mass is 539 g/mol. The van der Waals surface area contributed by atoms with Crippen molar-refractivity contribution >= 4 is 35.2 Å². The Morgan fingerprint density at radius 3 is 2.45 bits per heavy atom. The van der Waals surface area contributed by atoms with Crippen molar-refractivity contribution in [3.05, 3.63) is 107 Å². The molecule has 0 spiro atoms. The van der Waals surface area contributed by atoms with Gasteiger partial charge in [-0.2, -0.15) is 18.3 Å². The molecule has 0 bridgehead atoms. The van der Waals surface area contributed by atoms with Crippen molar-refractivity contribution in [2.24, 2.45) is 0 Å². The second kappa shape index (κ2) is 11.4. The Kier molecular flexibility index (Phi) is 7.97. The Bertz CT molecular complexity index is 1480. The molecule has 0 radical (unpaired) electrons. The average molecular weight is 540 g/mol. The van der Waals surface area contributed by atoms with Crippen molar-refractivity contribution in [1.82, 2.24) is 9.78 Å². The number of ether oxygens (including phenoxy) is 1. The van der Waals surface area contributed by atoms with Crippen LogP contribution in [0.1, 0.15) is 16.7 Å². The van der Waals surface area contributed by atoms with Gasteiger partial charge in [-0.1, -0.05) is 59.6 Å². The van der Waals surface area contributed by atoms with Crippen LogP contribution in [0.3, 0.4) is 0 Å². The van der Waals surface area contributed by atoms with Gasteiger partial charge in [0.25, 0.3) is 5.91 Å². The van der Waals surface area contributed by atoms with Gasteiger partial charge in [0.2, 0.25) is 0 Å². The number of aromatic nitrogens is 2. The highest BCUT2D eigenvalue weighted by atomic mass is 35.5. The first kappa shape index (κ1) is 26.7. The van der Waals surface area contributed by atoms with Crippen LogP contribution in [0.15, 0.2) is 85.1 Å². The normalized spacial score (nSPS) is 11.5. The average Bonchev–Trinajstić information content (AvgIpc) is 3.32. The van der Waals surface area contributed by atoms with Crippen LogP contribution in [-0.4, -0.2) is 28.3 Å². The van der Waals surface area contributed by atoms with Gasteiger partial charge in [-0.05, 0) is 43.3 Å². The minimum Gasteiger partial charge on any atom is -0.452 e. The van der Waals surface area contributed by atoms with Crippen molar-refractivity contribution in [3.63, 3.8) is 0 Å². The van der Waals surface area contributed by atoms with E-state index in [1.807, 2.05) is 61.5 Å². The van der Waals surface area contributed by atoms with Crippen molar-refractivity contribution in [2.45, 2.75) is 13.1 Å². The maximum atomic E-state index is 12.9. The summed E-state index contributed by atoms with van der Waals surface area (Å²) in [6.07, 6.45) is -0.177. The van der Waals surface area contributed by atoms with E-state index < -0.39 is 30.2 Å². The number of carbonyl (C=O) groups excluding carboxylic acids is 2. The number of esters is 1. The van der Waals surface area contributed by atoms with Gasteiger partial charge in [-0.25, -0.2) is 9.48 Å². The van der Waals surface area contributed by atoms with Crippen LogP contribution < -0.4 is 5.32 Å². The second-order valence-electron chi connectivity index (χ2n) is 8.26. The molecule has 194 valence electrons. The Morgan fingerprint density at radius 2 is 1.76 bits per heavy atom. The number of rotatable bonds is 7. The van der Waals surface area contributed by atoms with Crippen molar-refractivity contribution < 1.29 is 27.5 Å². The lowest BCUT2D eigenvalue weighted by Crippen LogP contribution is -2.20. The molecule has 3 aromatic carbocycles. The minimum atomic E-state index is -4.60. The van der Waals surface area contributed by atoms with E-state index in [2.05, 4.69) is 10.4 Å². The van der Waals surface area contributed by atoms with Crippen LogP contribution in [0.2, 0.25) is 5.02 Å². The van der Waals surface area contributed by atoms with E-state index in [0.29, 0.717) is 17.3 Å². The molecule has 1 heterocycles. The predicted octanol–water partition coefficient (Wildman–Crippen LogP) is 6.72. The molecule has 0 unspecified atom stereocenters. The number of alkyl halides is 3. The van der Waals surface area contributed by atoms with Crippen molar-refractivity contribution in [1.29, 1.82) is 0 Å². The number of para-hydroxylation sites is 1. The first-order valence-electron chi connectivity index (χ1n) is 11.3. The molecule has 38 heavy (non-hydrogen) atoms. The van der Waals surface area contributed by atoms with Gasteiger partial charge < -0.3 is 10.1 Å². The van der Waals surface area contributed by atoms with E-state index >= 15 is 0 Å². The quantitative estimate of drug-likeness (QED) is 0.209. The van der Waals surface area contributed by atoms with Gasteiger partial charge in [0.15, 0.2) is 6.61 Å². The number of carbonyl (C=O) groups is 2. The van der Waals surface area contributed by atoms with Gasteiger partial charge in [-0.3, -0.25) is 4.79 Å². The Labute approximate surface area is 221 Å². The fourth-order valence-electron chi connectivity index (χ4n) is 3.48. The summed E-state index contributed by atoms with van der Waals surface area (Å²) < 4.78 is 45.4. The summed E-state index contributed by atoms with van der Waals surface area (Å²) in [6, 6.07) is 19.7. The maximum absolute atomic E-state index is 12.9. The number of halogens is 4. The molecule has 0 saturated carbocycles. The summed E-state index contributed by atoms with van der Waals surface area (Å²) in [5.41, 5.74) is 2.81. The topological polar surface area (TPSA) is 73.2 Å². The first-order chi connectivity index (χ1) is 18.1. The van der Waals surface area contributed by atoms with E-state index in [1.54, 1.807) is 10.9 Å². The number of aryl methyl sites for hydroxylation is 1. The molecule has 0 aliphatic heterocycles. The molecule has 4 aromatic rings. The molecule has 0 aliphatic carbocycles. The predicted molar refractivity (Wildman–Crippen MR) is 139 cm³/mol. The highest BCUT2D eigenvalue weighted by molar-refractivity contribution is 6.33. The molecule has 0 saturated heterocycles. The lowest BCUT2D eigenvalue weighted by molar-refractivity contribution is -0.142. The summed E-state index contributed by atoms with van der Waals surface area (Å²) in [5.74, 6) is -1.66. The standard InChI is InChI=1S/C28H21ClF3N3O3/c1-18-7-9-19(10-8-18)27-20(16-35(34-27)22-5-3-2-4-6-22)11-14-26(37)38-17-25(36)33-24-15-21(28(30,31)32)12-13-23(24)29/h2-16H,17H2,1H3,(H,33,36). The van der Waals surface area contributed by atoms with E-state index in [9.17, 15) is 22.8 Å². The third-order valence-electron chi connectivity index (χ3n) is 5.40. The molecule has 1 N–H and O–H groups in total. The zero-order chi connectivity index (χ0) is 27.3. The highest BCUT2D eigenvalue weighted by Crippen LogP contribution is 2.33. The smallest absolute Gasteiger partial charge is 0.416 e. The Morgan fingerprint density at radius 1 is 1.05 bits per heavy atom. The summed E-state index contributed by atoms with van der Waals surface area (Å²) >= 11 is 5.88. The molecule has 0 aliphatic rings. The molecule has 1 amide bonds. The number of nitrogens with one attached hydrogen (secondary N) is 1. The van der Waals surface area contributed by atoms with E-state index in [0.717, 1.165) is 35.0 Å². The molecule has 0 atom stereocenters. The maximum Gasteiger partial charge on any atom is 0.416 e. The Hall–Kier alpha value is -4.37. The first-order valence-corrected chi connectivity index (χ1v) is 11.7. The fraction of sp³-hybridized carbons (Fsp3) is 0.107. The Balaban J connectivity index is 1.46. The van der Waals surface area contributed by atoms with Crippen LogP contribution in [-0.2, 0) is 20.5 Å². The SMILES string of the molecule is Cc1ccc(-c2nn(-c3ccccc3)cc2C=CC(=O)OCC(=O)Nc2cc(C(F)(F)F)ccc2Cl)cc1. The van der Waals surface area contributed by atoms with Crippen LogP contribution in [0, 0.1) is 6.92 Å². The van der Waals surface area contributed by atoms with Gasteiger partial charge in [0, 0.05) is 23.4 Å². The van der Waals surface area contributed by atoms with E-state index in [1.165, 1.54) is 6.08 Å². The molecule has 1 aromatic heterocycles. The number of hydrogen-bond donors (Lipinski definition) is 1. The summed E-state index contributed by atoms with van der Waals surface area (Å²) in [6.45, 7) is 1.25. The van der Waals surface area contributed by atoms with Crippen molar-refractivity contribution in [3.8, 4) is 16.9 Å². The third-order valence-corrected chi connectivity index (χ3v) is 5.73. The zero-order valence-corrected chi connectivity index (χ0v) is 20.8. The largest absolute Gasteiger partial charge is 0.452 e. The number of benzene rings is 3. The number of amides is 1. The van der Waals surface area contributed by atoms with E-state index in [4.69, 9.17) is 16.3 Å². The molecular weight excluding hydrogens is 519 g/mol. The van der Waals surface area contributed by atoms with Gasteiger partial charge in [0.1, 0.15) is 0 Å². The van der Waals surface area contributed by atoms with Crippen molar-refractivity contribution in [2.75, 3.05) is 11.9 Å². The minimum absolute atomic E-state index is 0.0864. The number of nitrogens with zero attached hydrogens (tertiary/aromatic N) is 2. The molecular formula is C28H21ClF3N3O3. The molecule has 10 heteroatoms. The lowest BCUT2D eigenvalue weighted by Gasteiger charge is -2.11. The van der Waals surface area contributed by atoms with Crippen LogP contribution in [0.25, 0.3) is 23.0 Å². The van der Waals surface area contributed by atoms with Crippen LogP contribution >= 0.6 is 11.6 Å². The molecule has 4 rings (SSSR count). The third kappa shape index (κ3) is 6.68. The van der Waals surface area contributed by atoms with E-state index in [-0.39, 0.29) is 10.7 Å². The van der Waals surface area contributed by atoms with Crippen LogP contribution in [0.5, 0.6) is 0 Å². The molecule has 6 nitrogen and oxygen atoms in total. The fourth-order valence-corrected chi connectivity index (χ4v) is 3.65. The highest BCUT2D eigenvalue weighted by Gasteiger charge is 2.31. The van der Waals surface area contributed by atoms with Gasteiger partial charge >= 0.3 is 12.1 Å². The lowest BCUT2D eigenvalue weighted by atomic mass is 10.1. The second-order valence-corrected chi connectivity index (χ2v) is 8.67. The summed E-state index contributed by atoms with van der Waals surface area (Å²) in [4.78, 5) is 24.5. The number of anilines is 1.